The average molecular weight is 1020 g/mol. The number of allylic oxidation sites excluding steroid dienone is 1. The molecule has 3 N–H and O–H groups in total. The van der Waals surface area contributed by atoms with Gasteiger partial charge in [-0.05, 0) is 70.4 Å². The van der Waals surface area contributed by atoms with Crippen molar-refractivity contribution in [2.75, 3.05) is 13.2 Å². The van der Waals surface area contributed by atoms with Gasteiger partial charge in [-0.25, -0.2) is 9.59 Å². The molecule has 1 amide bonds. The van der Waals surface area contributed by atoms with Crippen molar-refractivity contribution in [1.29, 1.82) is 0 Å². The maximum atomic E-state index is 14.0. The van der Waals surface area contributed by atoms with Crippen molar-refractivity contribution in [2.24, 2.45) is 0 Å². The van der Waals surface area contributed by atoms with E-state index in [1.807, 2.05) is 52.1 Å². The van der Waals surface area contributed by atoms with Gasteiger partial charge in [0.1, 0.15) is 33.2 Å². The van der Waals surface area contributed by atoms with Crippen molar-refractivity contribution in [3.63, 3.8) is 0 Å². The van der Waals surface area contributed by atoms with Gasteiger partial charge >= 0.3 is 11.9 Å². The first-order valence-corrected chi connectivity index (χ1v) is 30.8. The number of amides is 1. The Morgan fingerprint density at radius 2 is 1.12 bits per heavy atom. The number of rotatable bonds is 39. The summed E-state index contributed by atoms with van der Waals surface area (Å²) in [6, 6.07) is 16.3. The van der Waals surface area contributed by atoms with Gasteiger partial charge in [0, 0.05) is 6.42 Å². The second-order valence-electron chi connectivity index (χ2n) is 21.4. The number of esters is 2. The second kappa shape index (κ2) is 36.5. The minimum Gasteiger partial charge on any atom is -0.452 e. The number of carbonyl (C=O) groups excluding carboxylic acids is 3. The van der Waals surface area contributed by atoms with Crippen LogP contribution in [0.5, 0.6) is 0 Å². The van der Waals surface area contributed by atoms with E-state index in [0.717, 1.165) is 38.5 Å². The maximum absolute atomic E-state index is 14.0. The van der Waals surface area contributed by atoms with Gasteiger partial charge in [0.2, 0.25) is 5.91 Å². The first-order valence-electron chi connectivity index (χ1n) is 28.3. The number of carbonyl (C=O) groups is 3. The fourth-order valence-electron chi connectivity index (χ4n) is 9.21. The number of aliphatic hydroxyl groups excluding tert-OH is 2. The number of hydrogen-bond donors (Lipinski definition) is 3. The van der Waals surface area contributed by atoms with Crippen LogP contribution in [-0.4, -0.2) is 97.6 Å². The SMILES string of the molecule is CCCCCCCCCCCCC/C=C/[C@@H](OC(=O)c1ccccc1)[C@H](CO[C@@]1([Si](C)C)O[C@H](COC(C)(C)C)[C@H](O)[C@H](O)[C@H]1OC(=O)c1ccccc1)NC(=O)CCCCCCCCCCCCCCC. The van der Waals surface area contributed by atoms with E-state index in [0.29, 0.717) is 12.0 Å². The zero-order valence-electron chi connectivity index (χ0n) is 45.9. The summed E-state index contributed by atoms with van der Waals surface area (Å²) in [4.78, 5) is 41.7. The van der Waals surface area contributed by atoms with E-state index in [2.05, 4.69) is 19.2 Å². The largest absolute Gasteiger partial charge is 0.452 e. The third kappa shape index (κ3) is 24.8. The van der Waals surface area contributed by atoms with Gasteiger partial charge in [0.05, 0.1) is 36.0 Å². The minimum absolute atomic E-state index is 0.0836. The number of unbranched alkanes of at least 4 members (excludes halogenated alkanes) is 23. The van der Waals surface area contributed by atoms with Crippen molar-refractivity contribution in [2.45, 2.75) is 262 Å². The Kier molecular flexibility index (Phi) is 31.9. The van der Waals surface area contributed by atoms with Gasteiger partial charge in [-0.15, -0.1) is 0 Å². The van der Waals surface area contributed by atoms with E-state index in [1.54, 1.807) is 54.6 Å². The summed E-state index contributed by atoms with van der Waals surface area (Å²) in [5, 5.41) is 26.7. The summed E-state index contributed by atoms with van der Waals surface area (Å²) in [6.45, 7) is 13.7. The zero-order valence-corrected chi connectivity index (χ0v) is 46.9. The molecule has 1 heterocycles. The third-order valence-corrected chi connectivity index (χ3v) is 15.6. The number of nitrogens with one attached hydrogen (secondary N) is 1. The van der Waals surface area contributed by atoms with Crippen LogP contribution in [-0.2, 0) is 28.5 Å². The maximum Gasteiger partial charge on any atom is 0.338 e. The topological polar surface area (TPSA) is 150 Å². The van der Waals surface area contributed by atoms with Crippen LogP contribution in [0, 0.1) is 0 Å². The standard InChI is InChI=1S/C60H98NO10Si/c1-8-10-12-14-16-18-20-22-24-26-28-30-38-44-51(69-57(65)48-40-34-32-35-41-48)50(61-53(62)45-39-31-29-27-25-23-21-19-17-15-13-11-9-2)46-68-60(72(6)7)56(70-58(66)49-42-36-33-37-43-49)55(64)54(63)52(71-60)47-67-59(3,4)5/h32-38,40-44,50-52,54-56,63-64H,8-31,39,45-47H2,1-7H3,(H,61,62)/b44-38+/t50-,51+,52+,54-,55-,56+,60+/m0/s1. The van der Waals surface area contributed by atoms with Gasteiger partial charge in [0.15, 0.2) is 11.5 Å². The van der Waals surface area contributed by atoms with Crippen LogP contribution < -0.4 is 5.32 Å². The molecule has 1 saturated heterocycles. The molecule has 2 aromatic rings. The average Bonchev–Trinajstić information content (AvgIpc) is 3.36. The fraction of sp³-hybridized carbons (Fsp3) is 0.717. The number of aliphatic hydroxyl groups is 2. The normalized spacial score (nSPS) is 20.1. The molecule has 0 saturated carbocycles. The van der Waals surface area contributed by atoms with Gasteiger partial charge < -0.3 is 39.2 Å². The van der Waals surface area contributed by atoms with Gasteiger partial charge in [-0.3, -0.25) is 4.79 Å². The second-order valence-corrected chi connectivity index (χ2v) is 24.1. The monoisotopic (exact) mass is 1020 g/mol. The van der Waals surface area contributed by atoms with Crippen molar-refractivity contribution >= 4 is 26.6 Å². The molecule has 0 spiro atoms. The highest BCUT2D eigenvalue weighted by Gasteiger charge is 2.59. The van der Waals surface area contributed by atoms with E-state index in [9.17, 15) is 24.6 Å². The highest BCUT2D eigenvalue weighted by Crippen LogP contribution is 2.37. The Morgan fingerprint density at radius 3 is 1.60 bits per heavy atom. The Hall–Kier alpha value is -3.39. The third-order valence-electron chi connectivity index (χ3n) is 13.6. The molecule has 0 unspecified atom stereocenters. The first kappa shape index (κ1) is 62.9. The number of hydrogen-bond acceptors (Lipinski definition) is 10. The molecule has 12 heteroatoms. The molecular formula is C60H98NO10Si. The zero-order chi connectivity index (χ0) is 52.5. The molecule has 1 aliphatic rings. The molecule has 0 bridgehead atoms. The molecule has 0 aliphatic carbocycles. The Bertz CT molecular complexity index is 1760. The van der Waals surface area contributed by atoms with Crippen LogP contribution in [0.4, 0.5) is 0 Å². The molecule has 7 atom stereocenters. The molecule has 407 valence electrons. The summed E-state index contributed by atoms with van der Waals surface area (Å²) in [5.74, 6) is -1.48. The lowest BCUT2D eigenvalue weighted by atomic mass is 9.98. The van der Waals surface area contributed by atoms with E-state index in [-0.39, 0.29) is 31.1 Å². The molecule has 2 aromatic carbocycles. The predicted octanol–water partition coefficient (Wildman–Crippen LogP) is 13.6. The summed E-state index contributed by atoms with van der Waals surface area (Å²) < 4.78 is 32.2. The summed E-state index contributed by atoms with van der Waals surface area (Å²) in [5.41, 5.74) is -1.74. The lowest BCUT2D eigenvalue weighted by molar-refractivity contribution is -0.332. The van der Waals surface area contributed by atoms with E-state index in [4.69, 9.17) is 23.7 Å². The molecule has 1 fully saturated rings. The highest BCUT2D eigenvalue weighted by atomic mass is 28.3. The van der Waals surface area contributed by atoms with Crippen LogP contribution in [0.25, 0.3) is 0 Å². The number of ether oxygens (including phenoxy) is 5. The lowest BCUT2D eigenvalue weighted by Crippen LogP contribution is -2.72. The lowest BCUT2D eigenvalue weighted by Gasteiger charge is -2.52. The Morgan fingerprint density at radius 1 is 0.667 bits per heavy atom. The quantitative estimate of drug-likeness (QED) is 0.0256. The van der Waals surface area contributed by atoms with Gasteiger partial charge in [-0.2, -0.15) is 0 Å². The summed E-state index contributed by atoms with van der Waals surface area (Å²) in [6.07, 6.45) is 27.4. The Balaban J connectivity index is 1.87. The van der Waals surface area contributed by atoms with Crippen LogP contribution >= 0.6 is 0 Å². The van der Waals surface area contributed by atoms with Gasteiger partial charge in [-0.1, -0.05) is 211 Å². The van der Waals surface area contributed by atoms with Crippen molar-refractivity contribution in [3.8, 4) is 0 Å². The molecule has 72 heavy (non-hydrogen) atoms. The highest BCUT2D eigenvalue weighted by molar-refractivity contribution is 6.59. The van der Waals surface area contributed by atoms with E-state index >= 15 is 0 Å². The summed E-state index contributed by atoms with van der Waals surface area (Å²) in [7, 11) is -1.89. The van der Waals surface area contributed by atoms with Crippen molar-refractivity contribution in [3.05, 3.63) is 83.9 Å². The minimum atomic E-state index is -1.89. The van der Waals surface area contributed by atoms with Gasteiger partial charge in [0.25, 0.3) is 0 Å². The Labute approximate surface area is 437 Å². The predicted molar refractivity (Wildman–Crippen MR) is 293 cm³/mol. The summed E-state index contributed by atoms with van der Waals surface area (Å²) >= 11 is 0. The smallest absolute Gasteiger partial charge is 0.338 e. The van der Waals surface area contributed by atoms with Crippen LogP contribution in [0.1, 0.15) is 222 Å². The van der Waals surface area contributed by atoms with Crippen LogP contribution in [0.3, 0.4) is 0 Å². The molecule has 1 radical (unpaired) electrons. The fourth-order valence-corrected chi connectivity index (χ4v) is 10.8. The molecule has 1 aliphatic heterocycles. The molecule has 3 rings (SSSR count). The molecular weight excluding hydrogens is 923 g/mol. The van der Waals surface area contributed by atoms with E-state index < -0.39 is 68.3 Å². The van der Waals surface area contributed by atoms with E-state index in [1.165, 1.54) is 116 Å². The molecule has 0 aromatic heterocycles. The molecule has 11 nitrogen and oxygen atoms in total. The van der Waals surface area contributed by atoms with Crippen molar-refractivity contribution < 1.29 is 48.3 Å². The van der Waals surface area contributed by atoms with Crippen molar-refractivity contribution in [1.82, 2.24) is 5.32 Å². The van der Waals surface area contributed by atoms with Crippen LogP contribution in [0.2, 0.25) is 13.1 Å². The first-order chi connectivity index (χ1) is 34.7. The number of benzene rings is 2. The van der Waals surface area contributed by atoms with Crippen LogP contribution in [0.15, 0.2) is 72.8 Å².